The van der Waals surface area contributed by atoms with Crippen LogP contribution in [0.25, 0.3) is 0 Å². The minimum Gasteiger partial charge on any atom is -0.443 e. The van der Waals surface area contributed by atoms with Crippen LogP contribution in [0.15, 0.2) is 22.6 Å². The van der Waals surface area contributed by atoms with E-state index in [1.807, 2.05) is 0 Å². The number of nitrogens with one attached hydrogen (secondary N) is 1. The zero-order chi connectivity index (χ0) is 19.6. The molecule has 144 valence electrons. The first kappa shape index (κ1) is 19.1. The van der Waals surface area contributed by atoms with E-state index >= 15 is 0 Å². The Hall–Kier alpha value is -2.70. The minimum atomic E-state index is -0.432. The molecule has 1 aromatic carbocycles. The summed E-state index contributed by atoms with van der Waals surface area (Å²) in [7, 11) is 0. The van der Waals surface area contributed by atoms with Gasteiger partial charge in [-0.15, -0.1) is 0 Å². The third-order valence-corrected chi connectivity index (χ3v) is 4.95. The maximum Gasteiger partial charge on any atom is 0.276 e. The quantitative estimate of drug-likeness (QED) is 0.893. The van der Waals surface area contributed by atoms with Gasteiger partial charge in [0.1, 0.15) is 11.6 Å². The van der Waals surface area contributed by atoms with E-state index in [4.69, 9.17) is 4.42 Å². The number of carbonyl (C=O) groups is 2. The van der Waals surface area contributed by atoms with Gasteiger partial charge in [-0.1, -0.05) is 13.0 Å². The number of carbonyl (C=O) groups excluding carboxylic acids is 2. The highest BCUT2D eigenvalue weighted by molar-refractivity contribution is 5.94. The standard InChI is InChI=1S/C20H24FN3O3/c1-12-6-8-24(9-7-12)20(26)18-14(3)27-17(23-18)11-22-19(25)15-5-4-13(2)16(21)10-15/h4-5,10,12H,6-9,11H2,1-3H3,(H,22,25). The Morgan fingerprint density at radius 2 is 2.00 bits per heavy atom. The second kappa shape index (κ2) is 7.90. The Balaban J connectivity index is 1.63. The van der Waals surface area contributed by atoms with Crippen LogP contribution in [0.5, 0.6) is 0 Å². The highest BCUT2D eigenvalue weighted by Gasteiger charge is 2.26. The van der Waals surface area contributed by atoms with Gasteiger partial charge in [-0.25, -0.2) is 9.37 Å². The van der Waals surface area contributed by atoms with Crippen LogP contribution >= 0.6 is 0 Å². The van der Waals surface area contributed by atoms with Crippen LogP contribution in [0.1, 0.15) is 57.8 Å². The molecule has 1 aliphatic heterocycles. The maximum absolute atomic E-state index is 13.6. The second-order valence-corrected chi connectivity index (χ2v) is 7.13. The van der Waals surface area contributed by atoms with Gasteiger partial charge in [-0.3, -0.25) is 9.59 Å². The molecule has 27 heavy (non-hydrogen) atoms. The SMILES string of the molecule is Cc1ccc(C(=O)NCc2nc(C(=O)N3CCC(C)CC3)c(C)o2)cc1F. The number of aromatic nitrogens is 1. The Morgan fingerprint density at radius 1 is 1.30 bits per heavy atom. The summed E-state index contributed by atoms with van der Waals surface area (Å²) < 4.78 is 19.1. The normalized spacial score (nSPS) is 15.0. The molecular formula is C20H24FN3O3. The van der Waals surface area contributed by atoms with Crippen LogP contribution in [-0.2, 0) is 6.54 Å². The van der Waals surface area contributed by atoms with E-state index in [0.717, 1.165) is 25.9 Å². The molecule has 1 N–H and O–H groups in total. The maximum atomic E-state index is 13.6. The van der Waals surface area contributed by atoms with Crippen LogP contribution in [0.2, 0.25) is 0 Å². The van der Waals surface area contributed by atoms with Crippen LogP contribution in [0.4, 0.5) is 4.39 Å². The Bertz CT molecular complexity index is 854. The number of rotatable bonds is 4. The average molecular weight is 373 g/mol. The number of aryl methyl sites for hydroxylation is 2. The first-order chi connectivity index (χ1) is 12.8. The number of benzene rings is 1. The highest BCUT2D eigenvalue weighted by atomic mass is 19.1. The van der Waals surface area contributed by atoms with Crippen molar-refractivity contribution in [2.45, 2.75) is 40.2 Å². The third-order valence-electron chi connectivity index (χ3n) is 4.95. The zero-order valence-corrected chi connectivity index (χ0v) is 15.8. The first-order valence-corrected chi connectivity index (χ1v) is 9.15. The van der Waals surface area contributed by atoms with Crippen molar-refractivity contribution >= 4 is 11.8 Å². The molecule has 2 heterocycles. The predicted molar refractivity (Wildman–Crippen MR) is 97.8 cm³/mol. The number of nitrogens with zero attached hydrogens (tertiary/aromatic N) is 2. The van der Waals surface area contributed by atoms with Gasteiger partial charge in [0.25, 0.3) is 11.8 Å². The van der Waals surface area contributed by atoms with Gasteiger partial charge in [0.15, 0.2) is 5.69 Å². The molecule has 0 unspecified atom stereocenters. The molecule has 6 nitrogen and oxygen atoms in total. The zero-order valence-electron chi connectivity index (χ0n) is 15.8. The largest absolute Gasteiger partial charge is 0.443 e. The fourth-order valence-corrected chi connectivity index (χ4v) is 3.08. The summed E-state index contributed by atoms with van der Waals surface area (Å²) in [6, 6.07) is 4.30. The highest BCUT2D eigenvalue weighted by Crippen LogP contribution is 2.20. The molecule has 0 spiro atoms. The summed E-state index contributed by atoms with van der Waals surface area (Å²) in [5, 5.41) is 2.64. The third kappa shape index (κ3) is 4.35. The predicted octanol–water partition coefficient (Wildman–Crippen LogP) is 3.23. The molecule has 3 rings (SSSR count). The van der Waals surface area contributed by atoms with Gasteiger partial charge in [0.05, 0.1) is 6.54 Å². The Labute approximate surface area is 157 Å². The Morgan fingerprint density at radius 3 is 2.67 bits per heavy atom. The van der Waals surface area contributed by atoms with Crippen LogP contribution in [0, 0.1) is 25.6 Å². The molecule has 2 amide bonds. The molecular weight excluding hydrogens is 349 g/mol. The lowest BCUT2D eigenvalue weighted by Crippen LogP contribution is -2.38. The van der Waals surface area contributed by atoms with Gasteiger partial charge in [-0.2, -0.15) is 0 Å². The van der Waals surface area contributed by atoms with Crippen LogP contribution < -0.4 is 5.32 Å². The molecule has 0 radical (unpaired) electrons. The molecule has 0 aliphatic carbocycles. The minimum absolute atomic E-state index is 0.0273. The van der Waals surface area contributed by atoms with Gasteiger partial charge in [-0.05, 0) is 50.3 Å². The summed E-state index contributed by atoms with van der Waals surface area (Å²) in [6.07, 6.45) is 1.97. The molecule has 1 aromatic heterocycles. The number of likely N-dealkylation sites (tertiary alicyclic amines) is 1. The molecule has 0 atom stereocenters. The van der Waals surface area contributed by atoms with Crippen LogP contribution in [-0.4, -0.2) is 34.8 Å². The molecule has 0 bridgehead atoms. The smallest absolute Gasteiger partial charge is 0.276 e. The average Bonchev–Trinajstić information content (AvgIpc) is 3.02. The molecule has 7 heteroatoms. The fraction of sp³-hybridized carbons (Fsp3) is 0.450. The summed E-state index contributed by atoms with van der Waals surface area (Å²) in [4.78, 5) is 30.9. The number of hydrogen-bond acceptors (Lipinski definition) is 4. The van der Waals surface area contributed by atoms with Gasteiger partial charge in [0.2, 0.25) is 5.89 Å². The molecule has 1 aliphatic rings. The van der Waals surface area contributed by atoms with E-state index in [-0.39, 0.29) is 29.6 Å². The molecule has 1 saturated heterocycles. The molecule has 1 fully saturated rings. The van der Waals surface area contributed by atoms with E-state index in [1.54, 1.807) is 30.9 Å². The van der Waals surface area contributed by atoms with E-state index in [9.17, 15) is 14.0 Å². The van der Waals surface area contributed by atoms with E-state index in [0.29, 0.717) is 17.2 Å². The summed E-state index contributed by atoms with van der Waals surface area (Å²) in [5.74, 6) is 0.318. The van der Waals surface area contributed by atoms with Gasteiger partial charge >= 0.3 is 0 Å². The van der Waals surface area contributed by atoms with E-state index in [2.05, 4.69) is 17.2 Å². The van der Waals surface area contributed by atoms with Crippen molar-refractivity contribution in [3.05, 3.63) is 52.5 Å². The number of piperidine rings is 1. The van der Waals surface area contributed by atoms with Gasteiger partial charge in [0, 0.05) is 18.7 Å². The Kier molecular flexibility index (Phi) is 5.58. The first-order valence-electron chi connectivity index (χ1n) is 9.15. The van der Waals surface area contributed by atoms with Crippen molar-refractivity contribution in [3.8, 4) is 0 Å². The van der Waals surface area contributed by atoms with E-state index in [1.165, 1.54) is 6.07 Å². The van der Waals surface area contributed by atoms with Crippen molar-refractivity contribution in [2.24, 2.45) is 5.92 Å². The number of amides is 2. The lowest BCUT2D eigenvalue weighted by molar-refractivity contribution is 0.0690. The summed E-state index contributed by atoms with van der Waals surface area (Å²) in [6.45, 7) is 6.97. The van der Waals surface area contributed by atoms with Crippen molar-refractivity contribution in [1.29, 1.82) is 0 Å². The molecule has 0 saturated carbocycles. The van der Waals surface area contributed by atoms with Crippen molar-refractivity contribution < 1.29 is 18.4 Å². The van der Waals surface area contributed by atoms with Gasteiger partial charge < -0.3 is 14.6 Å². The fourth-order valence-electron chi connectivity index (χ4n) is 3.08. The van der Waals surface area contributed by atoms with Crippen molar-refractivity contribution in [2.75, 3.05) is 13.1 Å². The topological polar surface area (TPSA) is 75.4 Å². The molecule has 2 aromatic rings. The lowest BCUT2D eigenvalue weighted by atomic mass is 9.99. The second-order valence-electron chi connectivity index (χ2n) is 7.13. The summed E-state index contributed by atoms with van der Waals surface area (Å²) in [5.41, 5.74) is 0.987. The van der Waals surface area contributed by atoms with Crippen molar-refractivity contribution in [1.82, 2.24) is 15.2 Å². The number of halogens is 1. The van der Waals surface area contributed by atoms with E-state index < -0.39 is 11.7 Å². The lowest BCUT2D eigenvalue weighted by Gasteiger charge is -2.29. The number of hydrogen-bond donors (Lipinski definition) is 1. The summed E-state index contributed by atoms with van der Waals surface area (Å²) >= 11 is 0. The number of oxazole rings is 1. The van der Waals surface area contributed by atoms with Crippen molar-refractivity contribution in [3.63, 3.8) is 0 Å². The monoisotopic (exact) mass is 373 g/mol. The van der Waals surface area contributed by atoms with Crippen LogP contribution in [0.3, 0.4) is 0 Å².